The second kappa shape index (κ2) is 4.22. The average Bonchev–Trinajstić information content (AvgIpc) is 2.84. The van der Waals surface area contributed by atoms with E-state index in [-0.39, 0.29) is 6.04 Å². The lowest BCUT2D eigenvalue weighted by Crippen LogP contribution is -2.19. The molecule has 0 radical (unpaired) electrons. The van der Waals surface area contributed by atoms with Gasteiger partial charge in [0.1, 0.15) is 0 Å². The van der Waals surface area contributed by atoms with Gasteiger partial charge in [-0.15, -0.1) is 10.2 Å². The second-order valence-electron chi connectivity index (χ2n) is 3.56. The minimum Gasteiger partial charge on any atom is -0.357 e. The van der Waals surface area contributed by atoms with Crippen LogP contribution in [0.2, 0.25) is 0 Å². The van der Waals surface area contributed by atoms with Crippen molar-refractivity contribution in [3.63, 3.8) is 0 Å². The van der Waals surface area contributed by atoms with Crippen LogP contribution in [0.5, 0.6) is 0 Å². The Morgan fingerprint density at radius 1 is 1.60 bits per heavy atom. The second-order valence-corrected chi connectivity index (χ2v) is 3.56. The van der Waals surface area contributed by atoms with Gasteiger partial charge in [0.2, 0.25) is 0 Å². The van der Waals surface area contributed by atoms with Crippen molar-refractivity contribution in [3.8, 4) is 0 Å². The summed E-state index contributed by atoms with van der Waals surface area (Å²) in [5, 5.41) is 17.1. The van der Waals surface area contributed by atoms with Crippen LogP contribution in [0.3, 0.4) is 0 Å². The number of tetrazole rings is 1. The quantitative estimate of drug-likeness (QED) is 0.759. The predicted molar refractivity (Wildman–Crippen MR) is 54.8 cm³/mol. The van der Waals surface area contributed by atoms with Crippen LogP contribution in [-0.2, 0) is 13.6 Å². The van der Waals surface area contributed by atoms with Crippen LogP contribution in [0.1, 0.15) is 24.4 Å². The van der Waals surface area contributed by atoms with Gasteiger partial charge in [0.05, 0.1) is 6.04 Å². The van der Waals surface area contributed by atoms with Crippen LogP contribution in [0.4, 0.5) is 0 Å². The van der Waals surface area contributed by atoms with Crippen LogP contribution in [-0.4, -0.2) is 25.2 Å². The van der Waals surface area contributed by atoms with E-state index >= 15 is 0 Å². The molecule has 2 N–H and O–H groups in total. The highest BCUT2D eigenvalue weighted by Crippen LogP contribution is 2.06. The molecule has 1 unspecified atom stereocenters. The molecule has 0 aliphatic carbocycles. The van der Waals surface area contributed by atoms with E-state index in [0.717, 1.165) is 6.54 Å². The summed E-state index contributed by atoms with van der Waals surface area (Å²) in [6, 6.07) is 2.18. The van der Waals surface area contributed by atoms with Gasteiger partial charge < -0.3 is 9.88 Å². The van der Waals surface area contributed by atoms with Crippen molar-refractivity contribution in [1.82, 2.24) is 30.5 Å². The van der Waals surface area contributed by atoms with Crippen molar-refractivity contribution in [2.75, 3.05) is 0 Å². The Morgan fingerprint density at radius 2 is 2.47 bits per heavy atom. The van der Waals surface area contributed by atoms with Crippen LogP contribution in [0, 0.1) is 0 Å². The molecular formula is C9H14N6. The van der Waals surface area contributed by atoms with Gasteiger partial charge in [0.25, 0.3) is 0 Å². The third-order valence-electron chi connectivity index (χ3n) is 2.25. The standard InChI is InChI=1S/C9H14N6/c1-7(9-11-13-14-12-9)10-5-8-3-4-15(2)6-8/h3-4,6-7,10H,5H2,1-2H3,(H,11,12,13,14). The number of aryl methyl sites for hydroxylation is 1. The topological polar surface area (TPSA) is 71.4 Å². The number of aromatic amines is 1. The van der Waals surface area contributed by atoms with Crippen LogP contribution < -0.4 is 5.32 Å². The maximum absolute atomic E-state index is 3.92. The molecule has 0 fully saturated rings. The molecule has 6 nitrogen and oxygen atoms in total. The van der Waals surface area contributed by atoms with Crippen molar-refractivity contribution < 1.29 is 0 Å². The third-order valence-corrected chi connectivity index (χ3v) is 2.25. The van der Waals surface area contributed by atoms with E-state index < -0.39 is 0 Å². The van der Waals surface area contributed by atoms with E-state index in [0.29, 0.717) is 5.82 Å². The Balaban J connectivity index is 1.88. The zero-order valence-corrected chi connectivity index (χ0v) is 8.81. The fourth-order valence-corrected chi connectivity index (χ4v) is 1.38. The largest absolute Gasteiger partial charge is 0.357 e. The molecule has 0 saturated heterocycles. The molecule has 0 spiro atoms. The van der Waals surface area contributed by atoms with E-state index in [1.165, 1.54) is 5.56 Å². The third kappa shape index (κ3) is 2.41. The maximum Gasteiger partial charge on any atom is 0.191 e. The summed E-state index contributed by atoms with van der Waals surface area (Å²) in [6.07, 6.45) is 4.10. The average molecular weight is 206 g/mol. The highest BCUT2D eigenvalue weighted by atomic mass is 15.5. The fraction of sp³-hybridized carbons (Fsp3) is 0.444. The number of nitrogens with one attached hydrogen (secondary N) is 2. The molecule has 2 heterocycles. The smallest absolute Gasteiger partial charge is 0.191 e. The number of H-pyrrole nitrogens is 1. The SMILES string of the molecule is CC(NCc1ccn(C)c1)c1nn[nH]n1. The van der Waals surface area contributed by atoms with Crippen molar-refractivity contribution in [2.45, 2.75) is 19.5 Å². The molecule has 15 heavy (non-hydrogen) atoms. The van der Waals surface area contributed by atoms with Crippen molar-refractivity contribution >= 4 is 0 Å². The molecule has 80 valence electrons. The fourth-order valence-electron chi connectivity index (χ4n) is 1.38. The van der Waals surface area contributed by atoms with E-state index in [9.17, 15) is 0 Å². The minimum absolute atomic E-state index is 0.101. The molecule has 0 bridgehead atoms. The first-order valence-corrected chi connectivity index (χ1v) is 4.83. The molecule has 1 atom stereocenters. The molecule has 0 aliphatic heterocycles. The van der Waals surface area contributed by atoms with Crippen LogP contribution in [0.15, 0.2) is 18.5 Å². The summed E-state index contributed by atoms with van der Waals surface area (Å²) in [4.78, 5) is 0. The maximum atomic E-state index is 3.92. The first-order chi connectivity index (χ1) is 7.25. The summed E-state index contributed by atoms with van der Waals surface area (Å²) in [5.41, 5.74) is 1.24. The van der Waals surface area contributed by atoms with Crippen molar-refractivity contribution in [2.24, 2.45) is 7.05 Å². The lowest BCUT2D eigenvalue weighted by atomic mass is 10.3. The number of aromatic nitrogens is 5. The Bertz CT molecular complexity index is 404. The Hall–Kier alpha value is -1.69. The van der Waals surface area contributed by atoms with E-state index in [4.69, 9.17) is 0 Å². The normalized spacial score (nSPS) is 12.9. The summed E-state index contributed by atoms with van der Waals surface area (Å²) in [6.45, 7) is 2.81. The number of hydrogen-bond acceptors (Lipinski definition) is 4. The molecule has 2 aromatic heterocycles. The zero-order chi connectivity index (χ0) is 10.7. The Morgan fingerprint density at radius 3 is 3.07 bits per heavy atom. The van der Waals surface area contributed by atoms with E-state index in [1.54, 1.807) is 0 Å². The molecule has 0 saturated carbocycles. The Labute approximate surface area is 87.7 Å². The molecule has 0 aliphatic rings. The van der Waals surface area contributed by atoms with Gasteiger partial charge in [-0.1, -0.05) is 5.21 Å². The minimum atomic E-state index is 0.101. The van der Waals surface area contributed by atoms with Gasteiger partial charge in [-0.2, -0.15) is 5.21 Å². The van der Waals surface area contributed by atoms with Crippen molar-refractivity contribution in [3.05, 3.63) is 29.8 Å². The summed E-state index contributed by atoms with van der Waals surface area (Å²) < 4.78 is 2.02. The number of rotatable bonds is 4. The van der Waals surface area contributed by atoms with Crippen LogP contribution in [0.25, 0.3) is 0 Å². The van der Waals surface area contributed by atoms with Gasteiger partial charge in [0, 0.05) is 26.0 Å². The van der Waals surface area contributed by atoms with Crippen molar-refractivity contribution in [1.29, 1.82) is 0 Å². The first kappa shape index (κ1) is 9.85. The molecule has 2 aromatic rings. The van der Waals surface area contributed by atoms with Gasteiger partial charge >= 0.3 is 0 Å². The molecular weight excluding hydrogens is 192 g/mol. The zero-order valence-electron chi connectivity index (χ0n) is 8.81. The first-order valence-electron chi connectivity index (χ1n) is 4.83. The molecule has 0 aromatic carbocycles. The molecule has 2 rings (SSSR count). The Kier molecular flexibility index (Phi) is 2.77. The molecule has 6 heteroatoms. The lowest BCUT2D eigenvalue weighted by Gasteiger charge is -2.07. The predicted octanol–water partition coefficient (Wildman–Crippen LogP) is 0.389. The van der Waals surface area contributed by atoms with Gasteiger partial charge in [-0.05, 0) is 18.6 Å². The van der Waals surface area contributed by atoms with Gasteiger partial charge in [-0.3, -0.25) is 0 Å². The summed E-state index contributed by atoms with van der Waals surface area (Å²) in [7, 11) is 2.01. The van der Waals surface area contributed by atoms with E-state index in [1.807, 2.05) is 24.7 Å². The lowest BCUT2D eigenvalue weighted by molar-refractivity contribution is 0.546. The van der Waals surface area contributed by atoms with E-state index in [2.05, 4.69) is 38.2 Å². The van der Waals surface area contributed by atoms with Gasteiger partial charge in [0.15, 0.2) is 5.82 Å². The monoisotopic (exact) mass is 206 g/mol. The number of nitrogens with zero attached hydrogens (tertiary/aromatic N) is 4. The summed E-state index contributed by atoms with van der Waals surface area (Å²) >= 11 is 0. The summed E-state index contributed by atoms with van der Waals surface area (Å²) in [5.74, 6) is 0.686. The molecule has 0 amide bonds. The highest BCUT2D eigenvalue weighted by Gasteiger charge is 2.08. The highest BCUT2D eigenvalue weighted by molar-refractivity contribution is 5.09. The van der Waals surface area contributed by atoms with Crippen LogP contribution >= 0.6 is 0 Å². The number of hydrogen-bond donors (Lipinski definition) is 2. The van der Waals surface area contributed by atoms with Gasteiger partial charge in [-0.25, -0.2) is 0 Å².